The molecule has 0 saturated carbocycles. The van der Waals surface area contributed by atoms with E-state index in [2.05, 4.69) is 10.0 Å². The van der Waals surface area contributed by atoms with Crippen LogP contribution in [0.5, 0.6) is 5.75 Å². The second-order valence-corrected chi connectivity index (χ2v) is 8.63. The summed E-state index contributed by atoms with van der Waals surface area (Å²) in [4.78, 5) is 23.5. The van der Waals surface area contributed by atoms with Gasteiger partial charge < -0.3 is 10.1 Å². The van der Waals surface area contributed by atoms with E-state index in [-0.39, 0.29) is 28.1 Å². The van der Waals surface area contributed by atoms with Gasteiger partial charge in [0.15, 0.2) is 12.4 Å². The highest BCUT2D eigenvalue weighted by Crippen LogP contribution is 2.28. The van der Waals surface area contributed by atoms with Crippen LogP contribution < -0.4 is 14.8 Å². The highest BCUT2D eigenvalue weighted by atomic mass is 35.5. The summed E-state index contributed by atoms with van der Waals surface area (Å²) in [5.74, 6) is -0.414. The number of anilines is 2. The van der Waals surface area contributed by atoms with Crippen LogP contribution in [0.1, 0.15) is 17.3 Å². The van der Waals surface area contributed by atoms with Crippen molar-refractivity contribution < 1.29 is 22.7 Å². The standard InChI is InChI=1S/C22H19ClN2O5S/c1-15(26)16-6-5-9-18(12-16)24-22(27)14-30-21-11-10-19(13-20(21)23)31(28,29)25-17-7-3-2-4-8-17/h2-13,25H,14H2,1H3,(H,24,27). The van der Waals surface area contributed by atoms with Gasteiger partial charge in [-0.15, -0.1) is 0 Å². The average molecular weight is 459 g/mol. The van der Waals surface area contributed by atoms with Gasteiger partial charge in [-0.05, 0) is 49.4 Å². The van der Waals surface area contributed by atoms with Gasteiger partial charge in [0.05, 0.1) is 9.92 Å². The number of para-hydroxylation sites is 1. The average Bonchev–Trinajstić information content (AvgIpc) is 2.73. The van der Waals surface area contributed by atoms with Crippen molar-refractivity contribution in [1.82, 2.24) is 0 Å². The zero-order valence-electron chi connectivity index (χ0n) is 16.5. The number of hydrogen-bond donors (Lipinski definition) is 2. The molecule has 0 bridgehead atoms. The van der Waals surface area contributed by atoms with E-state index in [0.29, 0.717) is 16.9 Å². The quantitative estimate of drug-likeness (QED) is 0.488. The fraction of sp³-hybridized carbons (Fsp3) is 0.0909. The van der Waals surface area contributed by atoms with Crippen molar-refractivity contribution in [1.29, 1.82) is 0 Å². The number of nitrogens with one attached hydrogen (secondary N) is 2. The maximum absolute atomic E-state index is 12.5. The molecule has 3 aromatic carbocycles. The first-order valence-electron chi connectivity index (χ1n) is 9.16. The number of carbonyl (C=O) groups is 2. The summed E-state index contributed by atoms with van der Waals surface area (Å²) >= 11 is 6.15. The third kappa shape index (κ3) is 6.07. The Morgan fingerprint density at radius 2 is 1.65 bits per heavy atom. The van der Waals surface area contributed by atoms with E-state index in [4.69, 9.17) is 16.3 Å². The van der Waals surface area contributed by atoms with Crippen LogP contribution in [0, 0.1) is 0 Å². The van der Waals surface area contributed by atoms with Crippen molar-refractivity contribution in [2.75, 3.05) is 16.6 Å². The van der Waals surface area contributed by atoms with Gasteiger partial charge in [0.25, 0.3) is 15.9 Å². The molecule has 0 aromatic heterocycles. The molecule has 3 rings (SSSR count). The van der Waals surface area contributed by atoms with Crippen LogP contribution in [0.25, 0.3) is 0 Å². The molecule has 1 amide bonds. The number of Topliss-reactive ketones (excluding diaryl/α,β-unsaturated/α-hetero) is 1. The zero-order valence-corrected chi connectivity index (χ0v) is 18.0. The lowest BCUT2D eigenvalue weighted by molar-refractivity contribution is -0.118. The molecule has 0 fully saturated rings. The molecule has 0 aliphatic heterocycles. The summed E-state index contributed by atoms with van der Waals surface area (Å²) in [6, 6.07) is 18.9. The summed E-state index contributed by atoms with van der Waals surface area (Å²) < 4.78 is 32.9. The predicted molar refractivity (Wildman–Crippen MR) is 119 cm³/mol. The number of carbonyl (C=O) groups excluding carboxylic acids is 2. The maximum Gasteiger partial charge on any atom is 0.262 e. The largest absolute Gasteiger partial charge is 0.482 e. The van der Waals surface area contributed by atoms with E-state index in [0.717, 1.165) is 0 Å². The Labute approximate surface area is 185 Å². The van der Waals surface area contributed by atoms with Gasteiger partial charge in [-0.3, -0.25) is 14.3 Å². The molecule has 2 N–H and O–H groups in total. The molecule has 0 unspecified atom stereocenters. The monoisotopic (exact) mass is 458 g/mol. The van der Waals surface area contributed by atoms with Crippen LogP contribution in [0.4, 0.5) is 11.4 Å². The Bertz CT molecular complexity index is 1210. The van der Waals surface area contributed by atoms with Gasteiger partial charge in [0.2, 0.25) is 0 Å². The van der Waals surface area contributed by atoms with E-state index < -0.39 is 15.9 Å². The first-order chi connectivity index (χ1) is 14.7. The fourth-order valence-corrected chi connectivity index (χ4v) is 4.03. The molecule has 160 valence electrons. The number of hydrogen-bond acceptors (Lipinski definition) is 5. The molecule has 0 spiro atoms. The third-order valence-electron chi connectivity index (χ3n) is 4.15. The molecule has 9 heteroatoms. The van der Waals surface area contributed by atoms with Gasteiger partial charge in [-0.1, -0.05) is 41.9 Å². The summed E-state index contributed by atoms with van der Waals surface area (Å²) in [7, 11) is -3.83. The molecular weight excluding hydrogens is 440 g/mol. The van der Waals surface area contributed by atoms with E-state index in [1.54, 1.807) is 54.6 Å². The molecular formula is C22H19ClN2O5S. The Hall–Kier alpha value is -3.36. The van der Waals surface area contributed by atoms with E-state index in [1.807, 2.05) is 0 Å². The number of halogens is 1. The van der Waals surface area contributed by atoms with Crippen molar-refractivity contribution in [3.8, 4) is 5.75 Å². The van der Waals surface area contributed by atoms with Gasteiger partial charge in [0.1, 0.15) is 5.75 Å². The van der Waals surface area contributed by atoms with E-state index in [1.165, 1.54) is 25.1 Å². The predicted octanol–water partition coefficient (Wildman–Crippen LogP) is 4.36. The lowest BCUT2D eigenvalue weighted by atomic mass is 10.1. The number of sulfonamides is 1. The number of benzene rings is 3. The summed E-state index contributed by atoms with van der Waals surface area (Å²) in [6.07, 6.45) is 0. The van der Waals surface area contributed by atoms with Gasteiger partial charge in [-0.2, -0.15) is 0 Å². The van der Waals surface area contributed by atoms with Crippen LogP contribution >= 0.6 is 11.6 Å². The maximum atomic E-state index is 12.5. The van der Waals surface area contributed by atoms with Crippen LogP contribution in [0.15, 0.2) is 77.7 Å². The number of amides is 1. The highest BCUT2D eigenvalue weighted by Gasteiger charge is 2.17. The van der Waals surface area contributed by atoms with Crippen molar-refractivity contribution in [2.45, 2.75) is 11.8 Å². The highest BCUT2D eigenvalue weighted by molar-refractivity contribution is 7.92. The molecule has 0 saturated heterocycles. The molecule has 3 aromatic rings. The van der Waals surface area contributed by atoms with E-state index in [9.17, 15) is 18.0 Å². The molecule has 0 heterocycles. The molecule has 0 aliphatic rings. The SMILES string of the molecule is CC(=O)c1cccc(NC(=O)COc2ccc(S(=O)(=O)Nc3ccccc3)cc2Cl)c1. The van der Waals surface area contributed by atoms with Crippen LogP contribution in [-0.2, 0) is 14.8 Å². The van der Waals surface area contributed by atoms with Crippen LogP contribution in [0.2, 0.25) is 5.02 Å². The molecule has 0 aliphatic carbocycles. The molecule has 31 heavy (non-hydrogen) atoms. The van der Waals surface area contributed by atoms with Crippen LogP contribution in [0.3, 0.4) is 0 Å². The Kier molecular flexibility index (Phi) is 6.94. The smallest absolute Gasteiger partial charge is 0.262 e. The Balaban J connectivity index is 1.63. The number of ketones is 1. The lowest BCUT2D eigenvalue weighted by Crippen LogP contribution is -2.20. The minimum absolute atomic E-state index is 0.0424. The third-order valence-corrected chi connectivity index (χ3v) is 5.83. The summed E-state index contributed by atoms with van der Waals surface area (Å²) in [5, 5.41) is 2.67. The van der Waals surface area contributed by atoms with Crippen molar-refractivity contribution >= 4 is 44.7 Å². The first-order valence-corrected chi connectivity index (χ1v) is 11.0. The fourth-order valence-electron chi connectivity index (χ4n) is 2.64. The van der Waals surface area contributed by atoms with Crippen molar-refractivity contribution in [2.24, 2.45) is 0 Å². The topological polar surface area (TPSA) is 102 Å². The molecule has 7 nitrogen and oxygen atoms in total. The van der Waals surface area contributed by atoms with Gasteiger partial charge >= 0.3 is 0 Å². The van der Waals surface area contributed by atoms with Crippen molar-refractivity contribution in [3.05, 3.63) is 83.4 Å². The van der Waals surface area contributed by atoms with Crippen molar-refractivity contribution in [3.63, 3.8) is 0 Å². The zero-order chi connectivity index (χ0) is 22.4. The van der Waals surface area contributed by atoms with Crippen LogP contribution in [-0.4, -0.2) is 26.7 Å². The number of rotatable bonds is 8. The van der Waals surface area contributed by atoms with Gasteiger partial charge in [0, 0.05) is 16.9 Å². The molecule has 0 atom stereocenters. The number of ether oxygens (including phenoxy) is 1. The first kappa shape index (κ1) is 22.3. The minimum atomic E-state index is -3.83. The molecule has 0 radical (unpaired) electrons. The normalized spacial score (nSPS) is 10.9. The van der Waals surface area contributed by atoms with E-state index >= 15 is 0 Å². The lowest BCUT2D eigenvalue weighted by Gasteiger charge is -2.12. The Morgan fingerprint density at radius 3 is 2.32 bits per heavy atom. The minimum Gasteiger partial charge on any atom is -0.482 e. The Morgan fingerprint density at radius 1 is 0.935 bits per heavy atom. The second kappa shape index (κ2) is 9.63. The summed E-state index contributed by atoms with van der Waals surface area (Å²) in [5.41, 5.74) is 1.35. The summed E-state index contributed by atoms with van der Waals surface area (Å²) in [6.45, 7) is 1.09. The second-order valence-electron chi connectivity index (χ2n) is 6.54. The van der Waals surface area contributed by atoms with Gasteiger partial charge in [-0.25, -0.2) is 8.42 Å².